The lowest BCUT2D eigenvalue weighted by molar-refractivity contribution is -0.144. The third-order valence-corrected chi connectivity index (χ3v) is 3.65. The van der Waals surface area contributed by atoms with Gasteiger partial charge in [0, 0.05) is 25.3 Å². The SMILES string of the molecule is C[C@H](CC(F)(F)F)Nc1cnn(CC(=O)N2C[C@@H](C)O[C@H](C)C2)c1. The Morgan fingerprint density at radius 2 is 2.04 bits per heavy atom. The van der Waals surface area contributed by atoms with Crippen molar-refractivity contribution in [2.75, 3.05) is 18.4 Å². The third kappa shape index (κ3) is 5.70. The number of aromatic nitrogens is 2. The number of amides is 1. The minimum Gasteiger partial charge on any atom is -0.380 e. The molecule has 1 aliphatic heterocycles. The van der Waals surface area contributed by atoms with Crippen molar-refractivity contribution in [1.29, 1.82) is 0 Å². The minimum atomic E-state index is -4.22. The van der Waals surface area contributed by atoms with E-state index in [1.807, 2.05) is 13.8 Å². The van der Waals surface area contributed by atoms with Gasteiger partial charge in [-0.05, 0) is 20.8 Å². The summed E-state index contributed by atoms with van der Waals surface area (Å²) in [5.41, 5.74) is 0.461. The Hall–Kier alpha value is -1.77. The van der Waals surface area contributed by atoms with Crippen molar-refractivity contribution >= 4 is 11.6 Å². The Balaban J connectivity index is 1.88. The van der Waals surface area contributed by atoms with Gasteiger partial charge in [-0.2, -0.15) is 18.3 Å². The first-order chi connectivity index (χ1) is 11.1. The number of carbonyl (C=O) groups excluding carboxylic acids is 1. The first-order valence-electron chi connectivity index (χ1n) is 7.91. The van der Waals surface area contributed by atoms with E-state index in [0.29, 0.717) is 18.8 Å². The van der Waals surface area contributed by atoms with Crippen molar-refractivity contribution in [1.82, 2.24) is 14.7 Å². The molecule has 0 saturated carbocycles. The van der Waals surface area contributed by atoms with Crippen molar-refractivity contribution in [3.05, 3.63) is 12.4 Å². The van der Waals surface area contributed by atoms with Crippen LogP contribution in [0, 0.1) is 0 Å². The van der Waals surface area contributed by atoms with Gasteiger partial charge in [0.1, 0.15) is 6.54 Å². The molecule has 0 spiro atoms. The number of hydrogen-bond donors (Lipinski definition) is 1. The highest BCUT2D eigenvalue weighted by Crippen LogP contribution is 2.23. The third-order valence-electron chi connectivity index (χ3n) is 3.65. The topological polar surface area (TPSA) is 59.4 Å². The van der Waals surface area contributed by atoms with Crippen LogP contribution in [0.4, 0.5) is 18.9 Å². The van der Waals surface area contributed by atoms with Crippen LogP contribution in [0.25, 0.3) is 0 Å². The van der Waals surface area contributed by atoms with Gasteiger partial charge in [-0.15, -0.1) is 0 Å². The van der Waals surface area contributed by atoms with Crippen LogP contribution >= 0.6 is 0 Å². The highest BCUT2D eigenvalue weighted by Gasteiger charge is 2.30. The van der Waals surface area contributed by atoms with E-state index in [1.54, 1.807) is 4.90 Å². The van der Waals surface area contributed by atoms with Gasteiger partial charge in [-0.1, -0.05) is 0 Å². The number of morpholine rings is 1. The van der Waals surface area contributed by atoms with Gasteiger partial charge in [-0.25, -0.2) is 0 Å². The summed E-state index contributed by atoms with van der Waals surface area (Å²) in [6, 6.07) is -0.765. The maximum Gasteiger partial charge on any atom is 0.391 e. The number of ether oxygens (including phenoxy) is 1. The Labute approximate surface area is 138 Å². The quantitative estimate of drug-likeness (QED) is 0.887. The molecule has 1 aromatic heterocycles. The van der Waals surface area contributed by atoms with E-state index >= 15 is 0 Å². The molecule has 0 aliphatic carbocycles. The van der Waals surface area contributed by atoms with Gasteiger partial charge >= 0.3 is 6.18 Å². The van der Waals surface area contributed by atoms with E-state index in [2.05, 4.69) is 10.4 Å². The van der Waals surface area contributed by atoms with E-state index in [4.69, 9.17) is 4.74 Å². The first-order valence-corrected chi connectivity index (χ1v) is 7.91. The molecule has 1 aliphatic rings. The smallest absolute Gasteiger partial charge is 0.380 e. The largest absolute Gasteiger partial charge is 0.391 e. The molecule has 1 fully saturated rings. The molecule has 2 heterocycles. The summed E-state index contributed by atoms with van der Waals surface area (Å²) in [7, 11) is 0. The second-order valence-electron chi connectivity index (χ2n) is 6.35. The molecule has 0 bridgehead atoms. The van der Waals surface area contributed by atoms with Crippen LogP contribution < -0.4 is 5.32 Å². The van der Waals surface area contributed by atoms with Crippen molar-refractivity contribution in [2.45, 2.75) is 58.2 Å². The molecule has 2 rings (SSSR count). The molecule has 1 saturated heterocycles. The molecule has 9 heteroatoms. The summed E-state index contributed by atoms with van der Waals surface area (Å²) in [6.07, 6.45) is -2.22. The lowest BCUT2D eigenvalue weighted by atomic mass is 10.2. The Morgan fingerprint density at radius 1 is 1.42 bits per heavy atom. The molecule has 136 valence electrons. The van der Waals surface area contributed by atoms with E-state index in [0.717, 1.165) is 0 Å². The molecule has 0 unspecified atom stereocenters. The van der Waals surface area contributed by atoms with Gasteiger partial charge in [0.15, 0.2) is 0 Å². The maximum atomic E-state index is 12.3. The molecule has 24 heavy (non-hydrogen) atoms. The van der Waals surface area contributed by atoms with Crippen LogP contribution in [0.2, 0.25) is 0 Å². The molecule has 1 aromatic rings. The van der Waals surface area contributed by atoms with Gasteiger partial charge in [0.05, 0.1) is 30.5 Å². The fraction of sp³-hybridized carbons (Fsp3) is 0.733. The molecular formula is C15H23F3N4O2. The van der Waals surface area contributed by atoms with E-state index < -0.39 is 18.6 Å². The van der Waals surface area contributed by atoms with Gasteiger partial charge in [-0.3, -0.25) is 9.48 Å². The molecule has 1 amide bonds. The number of hydrogen-bond acceptors (Lipinski definition) is 4. The highest BCUT2D eigenvalue weighted by molar-refractivity contribution is 5.76. The zero-order chi connectivity index (χ0) is 17.9. The van der Waals surface area contributed by atoms with Crippen LogP contribution in [0.3, 0.4) is 0 Å². The average molecular weight is 348 g/mol. The zero-order valence-electron chi connectivity index (χ0n) is 14.0. The Kier molecular flexibility index (Phi) is 5.74. The average Bonchev–Trinajstić information content (AvgIpc) is 2.82. The number of carbonyl (C=O) groups is 1. The molecule has 0 radical (unpaired) electrons. The normalized spacial score (nSPS) is 23.2. The summed E-state index contributed by atoms with van der Waals surface area (Å²) in [6.45, 7) is 6.37. The summed E-state index contributed by atoms with van der Waals surface area (Å²) >= 11 is 0. The van der Waals surface area contributed by atoms with Gasteiger partial charge < -0.3 is 15.0 Å². The highest BCUT2D eigenvalue weighted by atomic mass is 19.4. The van der Waals surface area contributed by atoms with Gasteiger partial charge in [0.25, 0.3) is 0 Å². The van der Waals surface area contributed by atoms with Crippen LogP contribution in [-0.2, 0) is 16.1 Å². The summed E-state index contributed by atoms with van der Waals surface area (Å²) in [5, 5.41) is 6.77. The summed E-state index contributed by atoms with van der Waals surface area (Å²) in [4.78, 5) is 14.0. The van der Waals surface area contributed by atoms with Crippen molar-refractivity contribution in [3.8, 4) is 0 Å². The molecule has 3 atom stereocenters. The molecule has 1 N–H and O–H groups in total. The van der Waals surface area contributed by atoms with Crippen molar-refractivity contribution in [3.63, 3.8) is 0 Å². The van der Waals surface area contributed by atoms with E-state index in [9.17, 15) is 18.0 Å². The maximum absolute atomic E-state index is 12.3. The van der Waals surface area contributed by atoms with E-state index in [-0.39, 0.29) is 24.7 Å². The first kappa shape index (κ1) is 18.6. The van der Waals surface area contributed by atoms with Crippen LogP contribution in [-0.4, -0.2) is 58.1 Å². The summed E-state index contributed by atoms with van der Waals surface area (Å²) in [5.74, 6) is -0.0880. The van der Waals surface area contributed by atoms with Crippen molar-refractivity contribution in [2.24, 2.45) is 0 Å². The molecule has 0 aromatic carbocycles. The summed E-state index contributed by atoms with van der Waals surface area (Å²) < 4.78 is 44.0. The second kappa shape index (κ2) is 7.42. The monoisotopic (exact) mass is 348 g/mol. The predicted molar refractivity (Wildman–Crippen MR) is 82.6 cm³/mol. The number of alkyl halides is 3. The molecule has 6 nitrogen and oxygen atoms in total. The van der Waals surface area contributed by atoms with Crippen molar-refractivity contribution < 1.29 is 22.7 Å². The van der Waals surface area contributed by atoms with Gasteiger partial charge in [0.2, 0.25) is 5.91 Å². The number of rotatable bonds is 5. The predicted octanol–water partition coefficient (Wildman–Crippen LogP) is 2.27. The second-order valence-corrected chi connectivity index (χ2v) is 6.35. The van der Waals surface area contributed by atoms with Crippen LogP contribution in [0.5, 0.6) is 0 Å². The van der Waals surface area contributed by atoms with Crippen LogP contribution in [0.1, 0.15) is 27.2 Å². The lowest BCUT2D eigenvalue weighted by Crippen LogP contribution is -2.49. The number of halogens is 3. The fourth-order valence-electron chi connectivity index (χ4n) is 2.83. The standard InChI is InChI=1S/C15H23F3N4O2/c1-10(4-15(16,17)18)20-13-5-19-22(8-13)9-14(23)21-6-11(2)24-12(3)7-21/h5,8,10-12,20H,4,6-7,9H2,1-3H3/t10-,11-,12-/m1/s1. The number of anilines is 1. The number of nitrogens with one attached hydrogen (secondary N) is 1. The Morgan fingerprint density at radius 3 is 2.62 bits per heavy atom. The van der Waals surface area contributed by atoms with E-state index in [1.165, 1.54) is 24.0 Å². The lowest BCUT2D eigenvalue weighted by Gasteiger charge is -2.35. The minimum absolute atomic E-state index is 0.0178. The zero-order valence-corrected chi connectivity index (χ0v) is 14.0. The fourth-order valence-corrected chi connectivity index (χ4v) is 2.83. The molecular weight excluding hydrogens is 325 g/mol. The van der Waals surface area contributed by atoms with Crippen LogP contribution in [0.15, 0.2) is 12.4 Å². The Bertz CT molecular complexity index is 551. The number of nitrogens with zero attached hydrogens (tertiary/aromatic N) is 3.